The molecule has 1 aliphatic rings. The van der Waals surface area contributed by atoms with E-state index in [4.69, 9.17) is 5.73 Å². The number of fused-ring (bicyclic) bond motifs is 1. The minimum absolute atomic E-state index is 0.0115. The van der Waals surface area contributed by atoms with Gasteiger partial charge in [-0.2, -0.15) is 0 Å². The van der Waals surface area contributed by atoms with Gasteiger partial charge in [0.05, 0.1) is 0 Å². The van der Waals surface area contributed by atoms with Crippen LogP contribution in [0.25, 0.3) is 5.70 Å². The highest BCUT2D eigenvalue weighted by Crippen LogP contribution is 2.21. The SMILES string of the molecule is C=C1N[Si](C(=O)C(N)=NCC)CCCCCCCCCc2ccccc21. The van der Waals surface area contributed by atoms with Gasteiger partial charge in [0, 0.05) is 12.2 Å². The molecule has 0 fully saturated rings. The number of hydrogen-bond acceptors (Lipinski definition) is 3. The van der Waals surface area contributed by atoms with E-state index in [1.165, 1.54) is 44.1 Å². The van der Waals surface area contributed by atoms with Gasteiger partial charge in [-0.3, -0.25) is 9.79 Å². The number of benzene rings is 1. The van der Waals surface area contributed by atoms with E-state index in [2.05, 4.69) is 34.8 Å². The summed E-state index contributed by atoms with van der Waals surface area (Å²) in [5.41, 5.74) is 9.21. The second-order valence-corrected chi connectivity index (χ2v) is 9.06. The van der Waals surface area contributed by atoms with Crippen molar-refractivity contribution in [3.8, 4) is 0 Å². The van der Waals surface area contributed by atoms with Gasteiger partial charge in [0.15, 0.2) is 11.2 Å². The fourth-order valence-electron chi connectivity index (χ4n) is 3.41. The Bertz CT molecular complexity index is 642. The highest BCUT2D eigenvalue weighted by atomic mass is 28.3. The maximum absolute atomic E-state index is 12.8. The Balaban J connectivity index is 2.22. The molecule has 0 atom stereocenters. The Hall–Kier alpha value is -1.88. The van der Waals surface area contributed by atoms with E-state index in [9.17, 15) is 4.79 Å². The van der Waals surface area contributed by atoms with E-state index in [1.54, 1.807) is 0 Å². The number of rotatable bonds is 3. The molecule has 4 nitrogen and oxygen atoms in total. The molecule has 0 amide bonds. The van der Waals surface area contributed by atoms with Gasteiger partial charge in [-0.1, -0.05) is 69.4 Å². The number of aryl methyl sites for hydroxylation is 1. The Morgan fingerprint density at radius 2 is 1.81 bits per heavy atom. The van der Waals surface area contributed by atoms with Gasteiger partial charge in [-0.25, -0.2) is 0 Å². The van der Waals surface area contributed by atoms with Crippen LogP contribution in [0.3, 0.4) is 0 Å². The number of nitrogens with two attached hydrogens (primary N) is 1. The predicted molar refractivity (Wildman–Crippen MR) is 112 cm³/mol. The molecule has 26 heavy (non-hydrogen) atoms. The summed E-state index contributed by atoms with van der Waals surface area (Å²) in [4.78, 5) is 20.4. The third kappa shape index (κ3) is 6.13. The molecule has 0 unspecified atom stereocenters. The summed E-state index contributed by atoms with van der Waals surface area (Å²) in [5, 5.41) is -0.0115. The lowest BCUT2D eigenvalue weighted by atomic mass is 9.99. The number of aliphatic imine (C=N–C) groups is 1. The molecule has 3 N–H and O–H groups in total. The molecule has 0 saturated carbocycles. The lowest BCUT2D eigenvalue weighted by Crippen LogP contribution is -2.47. The molecular weight excluding hydrogens is 338 g/mol. The molecule has 2 rings (SSSR count). The number of carbonyl (C=O) groups excluding carboxylic acids is 1. The van der Waals surface area contributed by atoms with Crippen LogP contribution in [0.1, 0.15) is 63.0 Å². The van der Waals surface area contributed by atoms with Gasteiger partial charge < -0.3 is 10.7 Å². The quantitative estimate of drug-likeness (QED) is 0.480. The second kappa shape index (κ2) is 11.0. The van der Waals surface area contributed by atoms with E-state index in [0.717, 1.165) is 30.1 Å². The fraction of sp³-hybridized carbons (Fsp3) is 0.524. The summed E-state index contributed by atoms with van der Waals surface area (Å²) in [6, 6.07) is 9.26. The first-order valence-electron chi connectivity index (χ1n) is 9.88. The molecule has 0 aliphatic carbocycles. The summed E-state index contributed by atoms with van der Waals surface area (Å²) in [5.74, 6) is 0.163. The molecular formula is C21H32N3OSi. The van der Waals surface area contributed by atoms with Crippen molar-refractivity contribution in [2.45, 2.75) is 64.3 Å². The molecule has 0 spiro atoms. The number of hydrogen-bond donors (Lipinski definition) is 2. The van der Waals surface area contributed by atoms with Crippen LogP contribution in [0, 0.1) is 0 Å². The standard InChI is InChI=1S/C21H32N3OSi/c1-3-23-20(22)21(25)26-16-12-8-6-4-5-7-9-13-18-14-10-11-15-19(18)17(2)24-26/h10-11,14-15,24H,2-9,12-13,16H2,1H3,(H2,22,23). The first-order chi connectivity index (χ1) is 12.6. The van der Waals surface area contributed by atoms with Gasteiger partial charge in [-0.05, 0) is 36.9 Å². The molecule has 0 saturated heterocycles. The molecule has 0 aromatic heterocycles. The van der Waals surface area contributed by atoms with Crippen molar-refractivity contribution in [2.24, 2.45) is 10.7 Å². The van der Waals surface area contributed by atoms with E-state index in [1.807, 2.05) is 13.0 Å². The number of carbonyl (C=O) groups is 1. The van der Waals surface area contributed by atoms with Crippen LogP contribution in [0.4, 0.5) is 0 Å². The summed E-state index contributed by atoms with van der Waals surface area (Å²) >= 11 is 0. The first kappa shape index (κ1) is 20.4. The predicted octanol–water partition coefficient (Wildman–Crippen LogP) is 4.01. The summed E-state index contributed by atoms with van der Waals surface area (Å²) in [7, 11) is -1.53. The highest BCUT2D eigenvalue weighted by molar-refractivity contribution is 6.99. The summed E-state index contributed by atoms with van der Waals surface area (Å²) in [6.07, 6.45) is 9.62. The second-order valence-electron chi connectivity index (χ2n) is 6.90. The van der Waals surface area contributed by atoms with Gasteiger partial charge in [0.1, 0.15) is 0 Å². The maximum Gasteiger partial charge on any atom is 0.260 e. The molecule has 1 aromatic rings. The fourth-order valence-corrected chi connectivity index (χ4v) is 5.37. The topological polar surface area (TPSA) is 67.5 Å². The maximum atomic E-state index is 12.8. The van der Waals surface area contributed by atoms with Crippen LogP contribution < -0.4 is 10.7 Å². The lowest BCUT2D eigenvalue weighted by Gasteiger charge is -2.20. The van der Waals surface area contributed by atoms with Gasteiger partial charge in [0.2, 0.25) is 0 Å². The molecule has 1 aromatic carbocycles. The first-order valence-corrected chi connectivity index (χ1v) is 11.6. The Labute approximate surface area is 159 Å². The van der Waals surface area contributed by atoms with Crippen molar-refractivity contribution in [1.29, 1.82) is 0 Å². The Morgan fingerprint density at radius 3 is 2.54 bits per heavy atom. The van der Waals surface area contributed by atoms with Crippen LogP contribution in [-0.4, -0.2) is 26.7 Å². The summed E-state index contributed by atoms with van der Waals surface area (Å²) < 4.78 is 0. The van der Waals surface area contributed by atoms with E-state index >= 15 is 0 Å². The average molecular weight is 371 g/mol. The van der Waals surface area contributed by atoms with E-state index in [0.29, 0.717) is 6.54 Å². The van der Waals surface area contributed by atoms with Crippen molar-refractivity contribution in [3.63, 3.8) is 0 Å². The highest BCUT2D eigenvalue weighted by Gasteiger charge is 2.26. The van der Waals surface area contributed by atoms with Crippen LogP contribution in [0.15, 0.2) is 35.8 Å². The van der Waals surface area contributed by atoms with Crippen LogP contribution in [0.2, 0.25) is 6.04 Å². The Kier molecular flexibility index (Phi) is 8.61. The van der Waals surface area contributed by atoms with Gasteiger partial charge in [-0.15, -0.1) is 0 Å². The molecule has 1 radical (unpaired) electrons. The monoisotopic (exact) mass is 370 g/mol. The largest absolute Gasteiger partial charge is 0.405 e. The number of nitrogens with one attached hydrogen (secondary N) is 1. The van der Waals surface area contributed by atoms with Gasteiger partial charge in [0.25, 0.3) is 8.96 Å². The van der Waals surface area contributed by atoms with Crippen molar-refractivity contribution >= 4 is 25.9 Å². The average Bonchev–Trinajstić information content (AvgIpc) is 2.65. The zero-order chi connectivity index (χ0) is 18.8. The molecule has 0 bridgehead atoms. The number of nitrogens with zero attached hydrogens (tertiary/aromatic N) is 1. The smallest absolute Gasteiger partial charge is 0.260 e. The minimum Gasteiger partial charge on any atom is -0.405 e. The van der Waals surface area contributed by atoms with Gasteiger partial charge >= 0.3 is 0 Å². The van der Waals surface area contributed by atoms with Crippen LogP contribution in [-0.2, 0) is 11.2 Å². The minimum atomic E-state index is -1.53. The van der Waals surface area contributed by atoms with Crippen molar-refractivity contribution in [3.05, 3.63) is 42.0 Å². The molecule has 5 heteroatoms. The summed E-state index contributed by atoms with van der Waals surface area (Å²) in [6.45, 7) is 6.68. The van der Waals surface area contributed by atoms with Crippen molar-refractivity contribution in [2.75, 3.05) is 6.54 Å². The van der Waals surface area contributed by atoms with Crippen molar-refractivity contribution in [1.82, 2.24) is 4.98 Å². The number of amidine groups is 1. The Morgan fingerprint density at radius 1 is 1.15 bits per heavy atom. The third-order valence-corrected chi connectivity index (χ3v) is 7.11. The molecule has 141 valence electrons. The molecule has 1 aliphatic heterocycles. The van der Waals surface area contributed by atoms with E-state index in [-0.39, 0.29) is 11.2 Å². The third-order valence-electron chi connectivity index (χ3n) is 4.85. The molecule has 1 heterocycles. The normalized spacial score (nSPS) is 18.5. The van der Waals surface area contributed by atoms with Crippen molar-refractivity contribution < 1.29 is 4.79 Å². The zero-order valence-corrected chi connectivity index (χ0v) is 17.0. The zero-order valence-electron chi connectivity index (χ0n) is 16.0. The van der Waals surface area contributed by atoms with Crippen LogP contribution in [0.5, 0.6) is 0 Å². The van der Waals surface area contributed by atoms with E-state index < -0.39 is 8.96 Å². The van der Waals surface area contributed by atoms with Crippen LogP contribution >= 0.6 is 0 Å². The lowest BCUT2D eigenvalue weighted by molar-refractivity contribution is -0.107.